The number of para-hydroxylation sites is 1. The van der Waals surface area contributed by atoms with E-state index in [-0.39, 0.29) is 0 Å². The molecule has 0 N–H and O–H groups in total. The van der Waals surface area contributed by atoms with Crippen LogP contribution >= 0.6 is 27.7 Å². The summed E-state index contributed by atoms with van der Waals surface area (Å²) >= 11 is 5.12. The molecule has 0 aliphatic carbocycles. The van der Waals surface area contributed by atoms with E-state index in [1.807, 2.05) is 48.5 Å². The topological polar surface area (TPSA) is 35.0 Å². The molecule has 1 heterocycles. The zero-order chi connectivity index (χ0) is 16.1. The number of hydrogen-bond donors (Lipinski definition) is 0. The number of aromatic nitrogens is 2. The summed E-state index contributed by atoms with van der Waals surface area (Å²) in [6.07, 6.45) is 0. The van der Waals surface area contributed by atoms with Gasteiger partial charge in [-0.1, -0.05) is 52.0 Å². The summed E-state index contributed by atoms with van der Waals surface area (Å²) in [6.45, 7) is 0. The Balaban J connectivity index is 1.71. The highest BCUT2D eigenvalue weighted by atomic mass is 79.9. The van der Waals surface area contributed by atoms with Crippen LogP contribution in [0.3, 0.4) is 0 Å². The predicted octanol–water partition coefficient (Wildman–Crippen LogP) is 5.21. The quantitative estimate of drug-likeness (QED) is 0.563. The molecule has 1 aromatic heterocycles. The minimum Gasteiger partial charge on any atom is -0.496 e. The monoisotopic (exact) mass is 386 g/mol. The van der Waals surface area contributed by atoms with Crippen LogP contribution < -0.4 is 4.74 Å². The van der Waals surface area contributed by atoms with Gasteiger partial charge < -0.3 is 4.74 Å². The Hall–Kier alpha value is -1.85. The van der Waals surface area contributed by atoms with E-state index >= 15 is 0 Å². The zero-order valence-electron chi connectivity index (χ0n) is 12.6. The first-order chi connectivity index (χ1) is 11.3. The van der Waals surface area contributed by atoms with Gasteiger partial charge in [-0.25, -0.2) is 0 Å². The second kappa shape index (κ2) is 7.62. The van der Waals surface area contributed by atoms with Gasteiger partial charge in [0.25, 0.3) is 0 Å². The number of thioether (sulfide) groups is 1. The summed E-state index contributed by atoms with van der Waals surface area (Å²) in [5.74, 6) is 1.67. The number of benzene rings is 2. The standard InChI is InChI=1S/C18H15BrN2OS/c1-22-17-5-3-2-4-15(17)16-10-11-18(21-20-16)23-12-13-6-8-14(19)9-7-13/h2-11H,12H2,1H3. The molecule has 0 spiro atoms. The first kappa shape index (κ1) is 16.0. The molecule has 5 heteroatoms. The van der Waals surface area contributed by atoms with E-state index in [0.29, 0.717) is 0 Å². The molecule has 3 rings (SSSR count). The van der Waals surface area contributed by atoms with Crippen LogP contribution in [0.1, 0.15) is 5.56 Å². The molecule has 0 radical (unpaired) electrons. The molecule has 0 amide bonds. The number of halogens is 1. The lowest BCUT2D eigenvalue weighted by Crippen LogP contribution is -1.93. The van der Waals surface area contributed by atoms with E-state index in [0.717, 1.165) is 32.3 Å². The van der Waals surface area contributed by atoms with Gasteiger partial charge in [0.15, 0.2) is 0 Å². The summed E-state index contributed by atoms with van der Waals surface area (Å²) in [7, 11) is 1.66. The summed E-state index contributed by atoms with van der Waals surface area (Å²) in [6, 6.07) is 20.1. The molecule has 2 aromatic carbocycles. The van der Waals surface area contributed by atoms with Crippen molar-refractivity contribution in [3.8, 4) is 17.0 Å². The van der Waals surface area contributed by atoms with Gasteiger partial charge in [-0.2, -0.15) is 0 Å². The van der Waals surface area contributed by atoms with Crippen molar-refractivity contribution in [1.29, 1.82) is 0 Å². The normalized spacial score (nSPS) is 10.5. The second-order valence-electron chi connectivity index (χ2n) is 4.87. The zero-order valence-corrected chi connectivity index (χ0v) is 15.0. The van der Waals surface area contributed by atoms with Crippen molar-refractivity contribution < 1.29 is 4.74 Å². The fourth-order valence-electron chi connectivity index (χ4n) is 2.13. The summed E-state index contributed by atoms with van der Waals surface area (Å²) < 4.78 is 6.46. The van der Waals surface area contributed by atoms with Crippen molar-refractivity contribution in [2.75, 3.05) is 7.11 Å². The molecule has 0 aliphatic rings. The Kier molecular flexibility index (Phi) is 5.31. The highest BCUT2D eigenvalue weighted by molar-refractivity contribution is 9.10. The molecule has 3 aromatic rings. The van der Waals surface area contributed by atoms with Crippen LogP contribution in [0.25, 0.3) is 11.3 Å². The van der Waals surface area contributed by atoms with Gasteiger partial charge in [-0.3, -0.25) is 0 Å². The Labute approximate surface area is 148 Å². The third kappa shape index (κ3) is 4.12. The minimum atomic E-state index is 0.803. The van der Waals surface area contributed by atoms with E-state index in [1.54, 1.807) is 18.9 Å². The van der Waals surface area contributed by atoms with E-state index < -0.39 is 0 Å². The second-order valence-corrected chi connectivity index (χ2v) is 6.78. The number of ether oxygens (including phenoxy) is 1. The summed E-state index contributed by atoms with van der Waals surface area (Å²) in [4.78, 5) is 0. The van der Waals surface area contributed by atoms with Crippen LogP contribution in [-0.2, 0) is 5.75 Å². The molecule has 0 bridgehead atoms. The lowest BCUT2D eigenvalue weighted by atomic mass is 10.1. The lowest BCUT2D eigenvalue weighted by Gasteiger charge is -2.07. The first-order valence-electron chi connectivity index (χ1n) is 7.10. The van der Waals surface area contributed by atoms with E-state index in [9.17, 15) is 0 Å². The smallest absolute Gasteiger partial charge is 0.128 e. The Morgan fingerprint density at radius 1 is 0.957 bits per heavy atom. The Morgan fingerprint density at radius 3 is 2.43 bits per heavy atom. The Bertz CT molecular complexity index is 776. The molecule has 0 unspecified atom stereocenters. The van der Waals surface area contributed by atoms with Crippen LogP contribution in [0.2, 0.25) is 0 Å². The highest BCUT2D eigenvalue weighted by Crippen LogP contribution is 2.29. The maximum atomic E-state index is 5.37. The van der Waals surface area contributed by atoms with Crippen molar-refractivity contribution in [2.24, 2.45) is 0 Å². The van der Waals surface area contributed by atoms with Gasteiger partial charge in [-0.15, -0.1) is 10.2 Å². The molecule has 0 atom stereocenters. The van der Waals surface area contributed by atoms with Crippen molar-refractivity contribution in [2.45, 2.75) is 10.8 Å². The summed E-state index contributed by atoms with van der Waals surface area (Å²) in [5.41, 5.74) is 3.02. The Morgan fingerprint density at radius 2 is 1.74 bits per heavy atom. The number of nitrogens with zero attached hydrogens (tertiary/aromatic N) is 2. The van der Waals surface area contributed by atoms with Gasteiger partial charge >= 0.3 is 0 Å². The van der Waals surface area contributed by atoms with Crippen molar-refractivity contribution >= 4 is 27.7 Å². The van der Waals surface area contributed by atoms with Crippen molar-refractivity contribution in [1.82, 2.24) is 10.2 Å². The minimum absolute atomic E-state index is 0.803. The van der Waals surface area contributed by atoms with Crippen LogP contribution in [0.5, 0.6) is 5.75 Å². The maximum Gasteiger partial charge on any atom is 0.128 e. The SMILES string of the molecule is COc1ccccc1-c1ccc(SCc2ccc(Br)cc2)nn1. The average molecular weight is 387 g/mol. The molecule has 3 nitrogen and oxygen atoms in total. The van der Waals surface area contributed by atoms with Gasteiger partial charge in [-0.05, 0) is 42.0 Å². The van der Waals surface area contributed by atoms with Crippen LogP contribution in [0.15, 0.2) is 70.2 Å². The molecular formula is C18H15BrN2OS. The third-order valence-corrected chi connectivity index (χ3v) is 4.84. The van der Waals surface area contributed by atoms with Gasteiger partial charge in [0.05, 0.1) is 12.8 Å². The number of methoxy groups -OCH3 is 1. The van der Waals surface area contributed by atoms with Gasteiger partial charge in [0.1, 0.15) is 10.8 Å². The molecule has 23 heavy (non-hydrogen) atoms. The first-order valence-corrected chi connectivity index (χ1v) is 8.88. The van der Waals surface area contributed by atoms with Crippen LogP contribution in [-0.4, -0.2) is 17.3 Å². The fraction of sp³-hybridized carbons (Fsp3) is 0.111. The maximum absolute atomic E-state index is 5.37. The van der Waals surface area contributed by atoms with Gasteiger partial charge in [0.2, 0.25) is 0 Å². The lowest BCUT2D eigenvalue weighted by molar-refractivity contribution is 0.416. The van der Waals surface area contributed by atoms with E-state index in [2.05, 4.69) is 38.3 Å². The third-order valence-electron chi connectivity index (χ3n) is 3.32. The molecule has 0 fully saturated rings. The molecule has 0 saturated heterocycles. The van der Waals surface area contributed by atoms with Gasteiger partial charge in [0, 0.05) is 15.8 Å². The van der Waals surface area contributed by atoms with E-state index in [4.69, 9.17) is 4.74 Å². The molecular weight excluding hydrogens is 372 g/mol. The fourth-order valence-corrected chi connectivity index (χ4v) is 3.17. The molecule has 116 valence electrons. The van der Waals surface area contributed by atoms with Crippen LogP contribution in [0.4, 0.5) is 0 Å². The predicted molar refractivity (Wildman–Crippen MR) is 97.7 cm³/mol. The van der Waals surface area contributed by atoms with E-state index in [1.165, 1.54) is 5.56 Å². The number of hydrogen-bond acceptors (Lipinski definition) is 4. The van der Waals surface area contributed by atoms with Crippen LogP contribution in [0, 0.1) is 0 Å². The van der Waals surface area contributed by atoms with Crippen molar-refractivity contribution in [3.63, 3.8) is 0 Å². The largest absolute Gasteiger partial charge is 0.496 e. The number of rotatable bonds is 5. The highest BCUT2D eigenvalue weighted by Gasteiger charge is 2.07. The van der Waals surface area contributed by atoms with Crippen molar-refractivity contribution in [3.05, 3.63) is 70.7 Å². The summed E-state index contributed by atoms with van der Waals surface area (Å²) in [5, 5.41) is 9.55. The molecule has 0 saturated carbocycles. The average Bonchev–Trinajstić information content (AvgIpc) is 2.62. The molecule has 0 aliphatic heterocycles.